The van der Waals surface area contributed by atoms with Crippen LogP contribution in [0, 0.1) is 5.92 Å². The van der Waals surface area contributed by atoms with E-state index in [-0.39, 0.29) is 0 Å². The van der Waals surface area contributed by atoms with E-state index in [1.54, 1.807) is 0 Å². The normalized spacial score (nSPS) is 17.7. The van der Waals surface area contributed by atoms with Crippen molar-refractivity contribution in [3.05, 3.63) is 6.33 Å². The number of aromatic nitrogens is 2. The Morgan fingerprint density at radius 1 is 1.35 bits per heavy atom. The van der Waals surface area contributed by atoms with Crippen LogP contribution in [0.5, 0.6) is 5.88 Å². The van der Waals surface area contributed by atoms with Crippen LogP contribution in [0.25, 0.3) is 0 Å². The van der Waals surface area contributed by atoms with Gasteiger partial charge in [-0.25, -0.2) is 4.98 Å². The van der Waals surface area contributed by atoms with Crippen molar-refractivity contribution in [1.82, 2.24) is 9.97 Å². The molecule has 5 heteroatoms. The van der Waals surface area contributed by atoms with Crippen LogP contribution in [-0.4, -0.2) is 22.6 Å². The molecule has 0 radical (unpaired) electrons. The molecule has 1 aromatic heterocycles. The molecule has 0 spiro atoms. The molecule has 1 unspecified atom stereocenters. The van der Waals surface area contributed by atoms with Gasteiger partial charge in [0.2, 0.25) is 5.88 Å². The number of hydrogen-bond donors (Lipinski definition) is 2. The number of nitrogens with zero attached hydrogens (tertiary/aromatic N) is 2. The highest BCUT2D eigenvalue weighted by Gasteiger charge is 2.21. The van der Waals surface area contributed by atoms with Gasteiger partial charge in [-0.3, -0.25) is 0 Å². The summed E-state index contributed by atoms with van der Waals surface area (Å²) in [7, 11) is 0. The molecule has 1 aliphatic rings. The van der Waals surface area contributed by atoms with Crippen LogP contribution in [0.3, 0.4) is 0 Å². The average Bonchev–Trinajstić information content (AvgIpc) is 2.49. The lowest BCUT2D eigenvalue weighted by molar-refractivity contribution is 0.306. The molecular weight excluding hydrogens is 252 g/mol. The molecule has 1 aliphatic carbocycles. The highest BCUT2D eigenvalue weighted by molar-refractivity contribution is 5.66. The second-order valence-electron chi connectivity index (χ2n) is 5.62. The van der Waals surface area contributed by atoms with Gasteiger partial charge in [-0.2, -0.15) is 4.98 Å². The molecule has 1 saturated carbocycles. The van der Waals surface area contributed by atoms with Crippen LogP contribution >= 0.6 is 0 Å². The molecular formula is C15H26N4O. The third-order valence-electron chi connectivity index (χ3n) is 4.01. The van der Waals surface area contributed by atoms with Crippen molar-refractivity contribution in [1.29, 1.82) is 0 Å². The van der Waals surface area contributed by atoms with Crippen molar-refractivity contribution >= 4 is 11.5 Å². The third-order valence-corrected chi connectivity index (χ3v) is 4.01. The zero-order valence-electron chi connectivity index (χ0n) is 12.6. The Balaban J connectivity index is 2.00. The smallest absolute Gasteiger partial charge is 0.242 e. The summed E-state index contributed by atoms with van der Waals surface area (Å²) in [4.78, 5) is 8.35. The fraction of sp³-hybridized carbons (Fsp3) is 0.733. The molecule has 0 aliphatic heterocycles. The van der Waals surface area contributed by atoms with Crippen molar-refractivity contribution in [3.8, 4) is 5.88 Å². The van der Waals surface area contributed by atoms with Gasteiger partial charge in [0.1, 0.15) is 12.0 Å². The monoisotopic (exact) mass is 278 g/mol. The largest absolute Gasteiger partial charge is 0.476 e. The molecule has 0 aromatic carbocycles. The minimum atomic E-state index is 0.381. The van der Waals surface area contributed by atoms with E-state index < -0.39 is 0 Å². The summed E-state index contributed by atoms with van der Waals surface area (Å²) < 4.78 is 5.54. The number of nitrogens with one attached hydrogen (secondary N) is 1. The van der Waals surface area contributed by atoms with Gasteiger partial charge in [-0.15, -0.1) is 0 Å². The van der Waals surface area contributed by atoms with Gasteiger partial charge >= 0.3 is 0 Å². The Hall–Kier alpha value is -1.52. The standard InChI is InChI=1S/C15H26N4O/c1-3-9-20-15-13(16)14(17-10-18-15)19-11(2)12-7-5-4-6-8-12/h10-12H,3-9,16H2,1-2H3,(H,17,18,19). The van der Waals surface area contributed by atoms with Gasteiger partial charge < -0.3 is 15.8 Å². The minimum Gasteiger partial charge on any atom is -0.476 e. The molecule has 0 amide bonds. The second-order valence-corrected chi connectivity index (χ2v) is 5.62. The summed E-state index contributed by atoms with van der Waals surface area (Å²) in [5.74, 6) is 1.89. The quantitative estimate of drug-likeness (QED) is 0.835. The van der Waals surface area contributed by atoms with Crippen LogP contribution in [0.2, 0.25) is 0 Å². The third kappa shape index (κ3) is 3.74. The molecule has 2 rings (SSSR count). The molecule has 1 aromatic rings. The fourth-order valence-electron chi connectivity index (χ4n) is 2.78. The average molecular weight is 278 g/mol. The van der Waals surface area contributed by atoms with E-state index in [0.29, 0.717) is 36.0 Å². The predicted octanol–water partition coefficient (Wildman–Crippen LogP) is 3.23. The number of anilines is 2. The molecule has 0 saturated heterocycles. The van der Waals surface area contributed by atoms with Gasteiger partial charge in [0.15, 0.2) is 5.82 Å². The Bertz CT molecular complexity index is 418. The first kappa shape index (κ1) is 14.9. The van der Waals surface area contributed by atoms with Crippen molar-refractivity contribution in [3.63, 3.8) is 0 Å². The highest BCUT2D eigenvalue weighted by atomic mass is 16.5. The second kappa shape index (κ2) is 7.31. The molecule has 1 atom stereocenters. The number of ether oxygens (including phenoxy) is 1. The van der Waals surface area contributed by atoms with Crippen molar-refractivity contribution in [2.45, 2.75) is 58.4 Å². The number of nitrogens with two attached hydrogens (primary N) is 1. The van der Waals surface area contributed by atoms with E-state index in [1.165, 1.54) is 38.4 Å². The summed E-state index contributed by atoms with van der Waals surface area (Å²) in [6.45, 7) is 4.89. The first-order valence-electron chi connectivity index (χ1n) is 7.72. The molecule has 20 heavy (non-hydrogen) atoms. The van der Waals surface area contributed by atoms with E-state index >= 15 is 0 Å². The van der Waals surface area contributed by atoms with Crippen LogP contribution in [-0.2, 0) is 0 Å². The number of hydrogen-bond acceptors (Lipinski definition) is 5. The Labute approximate surface area is 121 Å². The Kier molecular flexibility index (Phi) is 5.44. The molecule has 112 valence electrons. The van der Waals surface area contributed by atoms with Crippen LogP contribution < -0.4 is 15.8 Å². The lowest BCUT2D eigenvalue weighted by Gasteiger charge is -2.29. The van der Waals surface area contributed by atoms with Crippen molar-refractivity contribution in [2.24, 2.45) is 5.92 Å². The van der Waals surface area contributed by atoms with E-state index in [1.807, 2.05) is 0 Å². The maximum absolute atomic E-state index is 6.09. The molecule has 5 nitrogen and oxygen atoms in total. The maximum atomic E-state index is 6.09. The van der Waals surface area contributed by atoms with Crippen molar-refractivity contribution < 1.29 is 4.74 Å². The first-order chi connectivity index (χ1) is 9.72. The molecule has 1 fully saturated rings. The highest BCUT2D eigenvalue weighted by Crippen LogP contribution is 2.30. The fourth-order valence-corrected chi connectivity index (χ4v) is 2.78. The lowest BCUT2D eigenvalue weighted by Crippen LogP contribution is -2.28. The zero-order valence-corrected chi connectivity index (χ0v) is 12.6. The molecule has 3 N–H and O–H groups in total. The van der Waals surface area contributed by atoms with Gasteiger partial charge in [-0.1, -0.05) is 26.2 Å². The van der Waals surface area contributed by atoms with Gasteiger partial charge in [0.05, 0.1) is 6.61 Å². The Morgan fingerprint density at radius 2 is 2.10 bits per heavy atom. The summed E-state index contributed by atoms with van der Waals surface area (Å²) in [6, 6.07) is 0.381. The SMILES string of the molecule is CCCOc1ncnc(NC(C)C2CCCCC2)c1N. The van der Waals surface area contributed by atoms with Crippen molar-refractivity contribution in [2.75, 3.05) is 17.7 Å². The summed E-state index contributed by atoms with van der Waals surface area (Å²) in [5, 5.41) is 3.44. The summed E-state index contributed by atoms with van der Waals surface area (Å²) >= 11 is 0. The number of nitrogen functional groups attached to an aromatic ring is 1. The van der Waals surface area contributed by atoms with E-state index in [2.05, 4.69) is 29.1 Å². The van der Waals surface area contributed by atoms with Gasteiger partial charge in [0, 0.05) is 6.04 Å². The molecule has 1 heterocycles. The van der Waals surface area contributed by atoms with Crippen LogP contribution in [0.4, 0.5) is 11.5 Å². The predicted molar refractivity (Wildman–Crippen MR) is 81.9 cm³/mol. The number of rotatable bonds is 6. The van der Waals surface area contributed by atoms with E-state index in [0.717, 1.165) is 6.42 Å². The van der Waals surface area contributed by atoms with Gasteiger partial charge in [-0.05, 0) is 32.1 Å². The Morgan fingerprint density at radius 3 is 2.80 bits per heavy atom. The van der Waals surface area contributed by atoms with Crippen LogP contribution in [0.1, 0.15) is 52.4 Å². The summed E-state index contributed by atoms with van der Waals surface area (Å²) in [5.41, 5.74) is 6.61. The topological polar surface area (TPSA) is 73.1 Å². The maximum Gasteiger partial charge on any atom is 0.242 e. The zero-order chi connectivity index (χ0) is 14.4. The summed E-state index contributed by atoms with van der Waals surface area (Å²) in [6.07, 6.45) is 9.06. The minimum absolute atomic E-state index is 0.381. The first-order valence-corrected chi connectivity index (χ1v) is 7.72. The molecule has 0 bridgehead atoms. The van der Waals surface area contributed by atoms with E-state index in [4.69, 9.17) is 10.5 Å². The lowest BCUT2D eigenvalue weighted by atomic mass is 9.84. The van der Waals surface area contributed by atoms with Gasteiger partial charge in [0.25, 0.3) is 0 Å². The van der Waals surface area contributed by atoms with Crippen LogP contribution in [0.15, 0.2) is 6.33 Å². The van der Waals surface area contributed by atoms with E-state index in [9.17, 15) is 0 Å².